The van der Waals surface area contributed by atoms with Crippen molar-refractivity contribution in [1.82, 2.24) is 4.98 Å². The van der Waals surface area contributed by atoms with E-state index in [1.54, 1.807) is 17.5 Å². The van der Waals surface area contributed by atoms with E-state index in [0.717, 1.165) is 12.0 Å². The number of carbonyl (C=O) groups is 2. The summed E-state index contributed by atoms with van der Waals surface area (Å²) in [7, 11) is 0. The number of nitro groups is 1. The molecule has 1 aromatic heterocycles. The van der Waals surface area contributed by atoms with Crippen molar-refractivity contribution in [2.75, 3.05) is 10.6 Å². The molecule has 0 fully saturated rings. The number of hydrogen-bond donors (Lipinski definition) is 2. The normalized spacial score (nSPS) is 10.4. The van der Waals surface area contributed by atoms with Crippen molar-refractivity contribution in [3.8, 4) is 11.3 Å². The molecule has 29 heavy (non-hydrogen) atoms. The summed E-state index contributed by atoms with van der Waals surface area (Å²) in [5.41, 5.74) is 2.26. The Balaban J connectivity index is 1.67. The van der Waals surface area contributed by atoms with Gasteiger partial charge in [-0.1, -0.05) is 25.1 Å². The number of nitrogens with one attached hydrogen (secondary N) is 2. The van der Waals surface area contributed by atoms with E-state index in [2.05, 4.69) is 15.6 Å². The Labute approximate surface area is 170 Å². The van der Waals surface area contributed by atoms with Gasteiger partial charge in [-0.2, -0.15) is 0 Å². The predicted molar refractivity (Wildman–Crippen MR) is 112 cm³/mol. The van der Waals surface area contributed by atoms with Gasteiger partial charge in [0.05, 0.1) is 10.6 Å². The standard InChI is InChI=1S/C20H18N4O4S/c1-2-4-18(25)21-15-9-7-13(8-10-15)17-12-29-20(22-17)23-19(26)14-5-3-6-16(11-14)24(27)28/h3,5-12H,2,4H2,1H3,(H,21,25)(H,22,23,26). The summed E-state index contributed by atoms with van der Waals surface area (Å²) in [6.45, 7) is 1.94. The fraction of sp³-hybridized carbons (Fsp3) is 0.150. The maximum Gasteiger partial charge on any atom is 0.270 e. The molecule has 0 unspecified atom stereocenters. The van der Waals surface area contributed by atoms with Crippen LogP contribution in [-0.4, -0.2) is 21.7 Å². The highest BCUT2D eigenvalue weighted by Crippen LogP contribution is 2.26. The molecule has 0 saturated heterocycles. The van der Waals surface area contributed by atoms with Crippen LogP contribution in [0, 0.1) is 10.1 Å². The van der Waals surface area contributed by atoms with E-state index in [-0.39, 0.29) is 17.2 Å². The summed E-state index contributed by atoms with van der Waals surface area (Å²) in [6.07, 6.45) is 1.26. The van der Waals surface area contributed by atoms with Gasteiger partial charge in [0.1, 0.15) is 0 Å². The second kappa shape index (κ2) is 9.07. The number of rotatable bonds is 7. The molecular formula is C20H18N4O4S. The fourth-order valence-corrected chi connectivity index (χ4v) is 3.28. The fourth-order valence-electron chi connectivity index (χ4n) is 2.57. The smallest absolute Gasteiger partial charge is 0.270 e. The number of nitrogens with zero attached hydrogens (tertiary/aromatic N) is 2. The first-order valence-electron chi connectivity index (χ1n) is 8.88. The zero-order chi connectivity index (χ0) is 20.8. The van der Waals surface area contributed by atoms with E-state index < -0.39 is 10.8 Å². The van der Waals surface area contributed by atoms with Crippen LogP contribution >= 0.6 is 11.3 Å². The summed E-state index contributed by atoms with van der Waals surface area (Å²) in [6, 6.07) is 12.8. The lowest BCUT2D eigenvalue weighted by Crippen LogP contribution is -2.11. The number of non-ortho nitro benzene ring substituents is 1. The Morgan fingerprint density at radius 3 is 2.59 bits per heavy atom. The quantitative estimate of drug-likeness (QED) is 0.432. The van der Waals surface area contributed by atoms with Gasteiger partial charge in [0.2, 0.25) is 5.91 Å². The van der Waals surface area contributed by atoms with Gasteiger partial charge in [-0.25, -0.2) is 4.98 Å². The molecule has 0 spiro atoms. The molecule has 0 bridgehead atoms. The Morgan fingerprint density at radius 2 is 1.90 bits per heavy atom. The average Bonchev–Trinajstić information content (AvgIpc) is 3.17. The largest absolute Gasteiger partial charge is 0.326 e. The number of hydrogen-bond acceptors (Lipinski definition) is 6. The highest BCUT2D eigenvalue weighted by atomic mass is 32.1. The van der Waals surface area contributed by atoms with Gasteiger partial charge in [0.15, 0.2) is 5.13 Å². The maximum absolute atomic E-state index is 12.3. The van der Waals surface area contributed by atoms with E-state index in [9.17, 15) is 19.7 Å². The van der Waals surface area contributed by atoms with Gasteiger partial charge < -0.3 is 5.32 Å². The number of nitro benzene ring substituents is 1. The Hall–Kier alpha value is -3.59. The number of carbonyl (C=O) groups excluding carboxylic acids is 2. The summed E-state index contributed by atoms with van der Waals surface area (Å²) in [5.74, 6) is -0.497. The van der Waals surface area contributed by atoms with Crippen LogP contribution in [0.25, 0.3) is 11.3 Å². The molecule has 1 heterocycles. The Bertz CT molecular complexity index is 1050. The zero-order valence-electron chi connectivity index (χ0n) is 15.5. The molecule has 0 radical (unpaired) electrons. The van der Waals surface area contributed by atoms with Gasteiger partial charge in [-0.05, 0) is 24.6 Å². The van der Waals surface area contributed by atoms with Crippen molar-refractivity contribution >= 4 is 39.7 Å². The number of benzene rings is 2. The third kappa shape index (κ3) is 5.23. The van der Waals surface area contributed by atoms with Crippen LogP contribution in [0.2, 0.25) is 0 Å². The first-order chi connectivity index (χ1) is 14.0. The molecule has 3 aromatic rings. The van der Waals surface area contributed by atoms with Gasteiger partial charge in [0, 0.05) is 40.7 Å². The molecule has 9 heteroatoms. The minimum Gasteiger partial charge on any atom is -0.326 e. The molecule has 8 nitrogen and oxygen atoms in total. The van der Waals surface area contributed by atoms with Crippen LogP contribution in [0.4, 0.5) is 16.5 Å². The van der Waals surface area contributed by atoms with Crippen LogP contribution in [0.3, 0.4) is 0 Å². The average molecular weight is 410 g/mol. The van der Waals surface area contributed by atoms with Gasteiger partial charge in [0.25, 0.3) is 11.6 Å². The molecular weight excluding hydrogens is 392 g/mol. The van der Waals surface area contributed by atoms with Crippen LogP contribution < -0.4 is 10.6 Å². The van der Waals surface area contributed by atoms with Gasteiger partial charge in [-0.3, -0.25) is 25.0 Å². The highest BCUT2D eigenvalue weighted by molar-refractivity contribution is 7.14. The Morgan fingerprint density at radius 1 is 1.14 bits per heavy atom. The first-order valence-corrected chi connectivity index (χ1v) is 9.76. The SMILES string of the molecule is CCCC(=O)Nc1ccc(-c2csc(NC(=O)c3cccc([N+](=O)[O-])c3)n2)cc1. The predicted octanol–water partition coefficient (Wildman–Crippen LogP) is 4.71. The second-order valence-corrected chi connectivity index (χ2v) is 7.03. The van der Waals surface area contributed by atoms with E-state index in [0.29, 0.717) is 22.9 Å². The third-order valence-corrected chi connectivity index (χ3v) is 4.74. The van der Waals surface area contributed by atoms with E-state index in [1.807, 2.05) is 19.1 Å². The van der Waals surface area contributed by atoms with Crippen LogP contribution in [-0.2, 0) is 4.79 Å². The number of amides is 2. The minimum absolute atomic E-state index is 0.0277. The molecule has 2 aromatic carbocycles. The summed E-state index contributed by atoms with van der Waals surface area (Å²) in [5, 5.41) is 18.5. The molecule has 0 aliphatic heterocycles. The van der Waals surface area contributed by atoms with Crippen LogP contribution in [0.5, 0.6) is 0 Å². The molecule has 2 N–H and O–H groups in total. The lowest BCUT2D eigenvalue weighted by molar-refractivity contribution is -0.384. The van der Waals surface area contributed by atoms with Crippen molar-refractivity contribution in [2.45, 2.75) is 19.8 Å². The van der Waals surface area contributed by atoms with Crippen molar-refractivity contribution in [3.63, 3.8) is 0 Å². The lowest BCUT2D eigenvalue weighted by Gasteiger charge is -2.05. The third-order valence-electron chi connectivity index (χ3n) is 3.99. The minimum atomic E-state index is -0.549. The van der Waals surface area contributed by atoms with E-state index in [1.165, 1.54) is 35.6 Å². The second-order valence-electron chi connectivity index (χ2n) is 6.17. The molecule has 0 aliphatic rings. The topological polar surface area (TPSA) is 114 Å². The highest BCUT2D eigenvalue weighted by Gasteiger charge is 2.13. The zero-order valence-corrected chi connectivity index (χ0v) is 16.4. The molecule has 3 rings (SSSR count). The maximum atomic E-state index is 12.3. The lowest BCUT2D eigenvalue weighted by atomic mass is 10.1. The van der Waals surface area contributed by atoms with Crippen molar-refractivity contribution in [1.29, 1.82) is 0 Å². The van der Waals surface area contributed by atoms with E-state index >= 15 is 0 Å². The van der Waals surface area contributed by atoms with Crippen molar-refractivity contribution < 1.29 is 14.5 Å². The summed E-state index contributed by atoms with van der Waals surface area (Å²) in [4.78, 5) is 38.7. The summed E-state index contributed by atoms with van der Waals surface area (Å²) < 4.78 is 0. The molecule has 0 atom stereocenters. The van der Waals surface area contributed by atoms with Crippen LogP contribution in [0.15, 0.2) is 53.9 Å². The Kier molecular flexibility index (Phi) is 6.30. The van der Waals surface area contributed by atoms with E-state index in [4.69, 9.17) is 0 Å². The monoisotopic (exact) mass is 410 g/mol. The van der Waals surface area contributed by atoms with Gasteiger partial charge in [-0.15, -0.1) is 11.3 Å². The van der Waals surface area contributed by atoms with Gasteiger partial charge >= 0.3 is 0 Å². The molecule has 0 aliphatic carbocycles. The summed E-state index contributed by atoms with van der Waals surface area (Å²) >= 11 is 1.25. The van der Waals surface area contributed by atoms with Crippen molar-refractivity contribution in [3.05, 3.63) is 69.6 Å². The number of thiazole rings is 1. The molecule has 0 saturated carbocycles. The number of aromatic nitrogens is 1. The first kappa shape index (κ1) is 20.2. The van der Waals surface area contributed by atoms with Crippen LogP contribution in [0.1, 0.15) is 30.1 Å². The molecule has 148 valence electrons. The number of anilines is 2. The molecule has 2 amide bonds. The van der Waals surface area contributed by atoms with Crippen molar-refractivity contribution in [2.24, 2.45) is 0 Å².